The molecule has 1 aromatic rings. The van der Waals surface area contributed by atoms with Gasteiger partial charge >= 0.3 is 0 Å². The lowest BCUT2D eigenvalue weighted by atomic mass is 9.96. The SMILES string of the molecule is Bc1ccc(C[SH](=O)=O)cc1. The summed E-state index contributed by atoms with van der Waals surface area (Å²) in [5, 5.41) is 0. The Bertz CT molecular complexity index is 295. The van der Waals surface area contributed by atoms with E-state index >= 15 is 0 Å². The van der Waals surface area contributed by atoms with Crippen molar-refractivity contribution in [1.29, 1.82) is 0 Å². The van der Waals surface area contributed by atoms with Crippen LogP contribution in [-0.4, -0.2) is 16.3 Å². The molecule has 2 nitrogen and oxygen atoms in total. The van der Waals surface area contributed by atoms with E-state index in [1.807, 2.05) is 32.1 Å². The van der Waals surface area contributed by atoms with Crippen molar-refractivity contribution < 1.29 is 8.42 Å². The molecule has 0 heterocycles. The summed E-state index contributed by atoms with van der Waals surface area (Å²) in [5.41, 5.74) is 2.00. The summed E-state index contributed by atoms with van der Waals surface area (Å²) in [6.07, 6.45) is 0. The van der Waals surface area contributed by atoms with Gasteiger partial charge in [0.05, 0.1) is 5.75 Å². The molecule has 0 saturated carbocycles. The van der Waals surface area contributed by atoms with E-state index in [1.54, 1.807) is 0 Å². The summed E-state index contributed by atoms with van der Waals surface area (Å²) in [6.45, 7) is 0. The molecule has 0 aromatic heterocycles. The first-order chi connectivity index (χ1) is 5.18. The smallest absolute Gasteiger partial charge is 0.144 e. The largest absolute Gasteiger partial charge is 0.232 e. The minimum Gasteiger partial charge on any atom is -0.232 e. The van der Waals surface area contributed by atoms with E-state index in [0.717, 1.165) is 11.0 Å². The van der Waals surface area contributed by atoms with Crippen LogP contribution in [0, 0.1) is 0 Å². The van der Waals surface area contributed by atoms with Gasteiger partial charge in [0.15, 0.2) is 0 Å². The quantitative estimate of drug-likeness (QED) is 0.456. The van der Waals surface area contributed by atoms with E-state index in [0.29, 0.717) is 0 Å². The number of thiol groups is 1. The van der Waals surface area contributed by atoms with Crippen molar-refractivity contribution in [1.82, 2.24) is 0 Å². The molecule has 1 rings (SSSR count). The Balaban J connectivity index is 2.82. The second-order valence-electron chi connectivity index (χ2n) is 2.48. The van der Waals surface area contributed by atoms with E-state index in [2.05, 4.69) is 0 Å². The zero-order valence-corrected chi connectivity index (χ0v) is 7.17. The molecule has 0 fully saturated rings. The molecule has 11 heavy (non-hydrogen) atoms. The van der Waals surface area contributed by atoms with E-state index in [4.69, 9.17) is 0 Å². The highest BCUT2D eigenvalue weighted by atomic mass is 32.2. The topological polar surface area (TPSA) is 34.1 Å². The van der Waals surface area contributed by atoms with Gasteiger partial charge in [-0.25, -0.2) is 8.42 Å². The molecule has 0 amide bonds. The molecule has 0 aliphatic carbocycles. The van der Waals surface area contributed by atoms with Crippen LogP contribution in [0.1, 0.15) is 5.56 Å². The van der Waals surface area contributed by atoms with Crippen LogP contribution in [0.4, 0.5) is 0 Å². The van der Waals surface area contributed by atoms with E-state index < -0.39 is 10.7 Å². The summed E-state index contributed by atoms with van der Waals surface area (Å²) >= 11 is 0. The zero-order valence-electron chi connectivity index (χ0n) is 6.28. The fraction of sp³-hybridized carbons (Fsp3) is 0.143. The summed E-state index contributed by atoms with van der Waals surface area (Å²) < 4.78 is 20.6. The molecular formula is C7H9BO2S. The van der Waals surface area contributed by atoms with Crippen molar-refractivity contribution in [3.8, 4) is 0 Å². The van der Waals surface area contributed by atoms with Crippen molar-refractivity contribution in [3.63, 3.8) is 0 Å². The maximum Gasteiger partial charge on any atom is 0.144 e. The third kappa shape index (κ3) is 2.76. The first kappa shape index (κ1) is 8.33. The van der Waals surface area contributed by atoms with Crippen molar-refractivity contribution in [2.24, 2.45) is 0 Å². The number of benzene rings is 1. The Morgan fingerprint density at radius 2 is 1.73 bits per heavy atom. The third-order valence-electron chi connectivity index (χ3n) is 1.43. The molecule has 0 aliphatic rings. The maximum absolute atomic E-state index is 10.3. The van der Waals surface area contributed by atoms with Gasteiger partial charge in [-0.2, -0.15) is 0 Å². The van der Waals surface area contributed by atoms with Crippen LogP contribution in [0.2, 0.25) is 0 Å². The number of hydrogen-bond acceptors (Lipinski definition) is 2. The lowest BCUT2D eigenvalue weighted by Gasteiger charge is -1.94. The molecule has 0 atom stereocenters. The van der Waals surface area contributed by atoms with Crippen molar-refractivity contribution in [2.45, 2.75) is 5.75 Å². The highest BCUT2D eigenvalue weighted by molar-refractivity contribution is 7.71. The van der Waals surface area contributed by atoms with Crippen LogP contribution in [0.5, 0.6) is 0 Å². The molecule has 0 radical (unpaired) electrons. The van der Waals surface area contributed by atoms with E-state index in [1.165, 1.54) is 0 Å². The Labute approximate surface area is 68.6 Å². The molecule has 0 saturated heterocycles. The summed E-state index contributed by atoms with van der Waals surface area (Å²) in [7, 11) is -0.313. The van der Waals surface area contributed by atoms with Crippen LogP contribution in [0.25, 0.3) is 0 Å². The normalized spacial score (nSPS) is 10.3. The van der Waals surface area contributed by atoms with Crippen LogP contribution >= 0.6 is 0 Å². The molecule has 0 N–H and O–H groups in total. The summed E-state index contributed by atoms with van der Waals surface area (Å²) in [4.78, 5) is 0. The Morgan fingerprint density at radius 3 is 2.18 bits per heavy atom. The van der Waals surface area contributed by atoms with Crippen molar-refractivity contribution in [2.75, 3.05) is 0 Å². The van der Waals surface area contributed by atoms with Crippen LogP contribution in [0.15, 0.2) is 24.3 Å². The minimum atomic E-state index is -2.29. The van der Waals surface area contributed by atoms with Gasteiger partial charge in [0.25, 0.3) is 0 Å². The lowest BCUT2D eigenvalue weighted by Crippen LogP contribution is -2.00. The monoisotopic (exact) mass is 168 g/mol. The Hall–Kier alpha value is -0.765. The van der Waals surface area contributed by atoms with E-state index in [9.17, 15) is 8.42 Å². The second-order valence-corrected chi connectivity index (χ2v) is 3.46. The van der Waals surface area contributed by atoms with Crippen LogP contribution in [0.3, 0.4) is 0 Å². The molecule has 58 valence electrons. The van der Waals surface area contributed by atoms with Gasteiger partial charge in [-0.1, -0.05) is 29.7 Å². The molecule has 0 spiro atoms. The Morgan fingerprint density at radius 1 is 1.18 bits per heavy atom. The van der Waals surface area contributed by atoms with Gasteiger partial charge < -0.3 is 0 Å². The molecular weight excluding hydrogens is 159 g/mol. The fourth-order valence-corrected chi connectivity index (χ4v) is 1.35. The van der Waals surface area contributed by atoms with Gasteiger partial charge in [0, 0.05) is 0 Å². The maximum atomic E-state index is 10.3. The molecule has 4 heteroatoms. The third-order valence-corrected chi connectivity index (χ3v) is 2.06. The van der Waals surface area contributed by atoms with E-state index in [-0.39, 0.29) is 5.75 Å². The van der Waals surface area contributed by atoms with Gasteiger partial charge in [-0.15, -0.1) is 0 Å². The molecule has 0 aliphatic heterocycles. The molecule has 1 aromatic carbocycles. The fourth-order valence-electron chi connectivity index (χ4n) is 0.843. The second kappa shape index (κ2) is 3.58. The zero-order chi connectivity index (χ0) is 8.27. The first-order valence-electron chi connectivity index (χ1n) is 3.36. The Kier molecular flexibility index (Phi) is 2.71. The van der Waals surface area contributed by atoms with Gasteiger partial charge in [0.1, 0.15) is 18.6 Å². The summed E-state index contributed by atoms with van der Waals surface area (Å²) in [6, 6.07) is 7.49. The molecule has 0 bridgehead atoms. The number of hydrogen-bond donors (Lipinski definition) is 1. The van der Waals surface area contributed by atoms with Gasteiger partial charge in [-0.3, -0.25) is 0 Å². The highest BCUT2D eigenvalue weighted by Crippen LogP contribution is 1.97. The van der Waals surface area contributed by atoms with Crippen molar-refractivity contribution in [3.05, 3.63) is 29.8 Å². The lowest BCUT2D eigenvalue weighted by molar-refractivity contribution is 0.614. The summed E-state index contributed by atoms with van der Waals surface area (Å²) in [5.74, 6) is 0.148. The predicted molar refractivity (Wildman–Crippen MR) is 48.6 cm³/mol. The standard InChI is InChI=1S/C7H9BO2S/c8-7-3-1-6(2-4-7)5-11(9)10/h1-4,11H,5,8H2. The average Bonchev–Trinajstić information content (AvgIpc) is 1.93. The predicted octanol–water partition coefficient (Wildman–Crippen LogP) is -0.944. The first-order valence-corrected chi connectivity index (χ1v) is 4.72. The highest BCUT2D eigenvalue weighted by Gasteiger charge is 1.91. The van der Waals surface area contributed by atoms with Crippen molar-refractivity contribution >= 4 is 24.0 Å². The number of rotatable bonds is 2. The minimum absolute atomic E-state index is 0.148. The van der Waals surface area contributed by atoms with Crippen LogP contribution < -0.4 is 5.46 Å². The van der Waals surface area contributed by atoms with Gasteiger partial charge in [0.2, 0.25) is 0 Å². The molecule has 0 unspecified atom stereocenters. The van der Waals surface area contributed by atoms with Crippen LogP contribution in [-0.2, 0) is 16.5 Å². The van der Waals surface area contributed by atoms with Gasteiger partial charge in [-0.05, 0) is 5.56 Å². The average molecular weight is 168 g/mol.